The molecule has 0 spiro atoms. The average molecular weight is 312 g/mol. The Morgan fingerprint density at radius 1 is 1.18 bits per heavy atom. The molecule has 0 bridgehead atoms. The second-order valence-corrected chi connectivity index (χ2v) is 5.40. The molecule has 1 heterocycles. The first-order valence-electron chi connectivity index (χ1n) is 5.36. The van der Waals surface area contributed by atoms with Crippen LogP contribution in [-0.4, -0.2) is 9.97 Å². The Morgan fingerprint density at radius 2 is 1.94 bits per heavy atom. The molecule has 88 valence electrons. The van der Waals surface area contributed by atoms with Gasteiger partial charge < -0.3 is 0 Å². The SMILES string of the molecule is CC(C)c1nc(Cl)cc(-c2cccc(Br)c2)n1. The van der Waals surface area contributed by atoms with Gasteiger partial charge in [-0.1, -0.05) is 53.5 Å². The number of rotatable bonds is 2. The summed E-state index contributed by atoms with van der Waals surface area (Å²) in [6.07, 6.45) is 0. The zero-order valence-electron chi connectivity index (χ0n) is 9.61. The minimum Gasteiger partial charge on any atom is -0.233 e. The van der Waals surface area contributed by atoms with Gasteiger partial charge in [0.05, 0.1) is 5.69 Å². The van der Waals surface area contributed by atoms with Gasteiger partial charge in [0.15, 0.2) is 0 Å². The van der Waals surface area contributed by atoms with Crippen LogP contribution in [-0.2, 0) is 0 Å². The molecule has 0 aliphatic rings. The van der Waals surface area contributed by atoms with Crippen molar-refractivity contribution in [3.05, 3.63) is 45.8 Å². The van der Waals surface area contributed by atoms with Crippen LogP contribution in [0.5, 0.6) is 0 Å². The summed E-state index contributed by atoms with van der Waals surface area (Å²) in [4.78, 5) is 8.75. The molecule has 4 heteroatoms. The molecule has 0 aliphatic carbocycles. The highest BCUT2D eigenvalue weighted by molar-refractivity contribution is 9.10. The second kappa shape index (κ2) is 5.15. The van der Waals surface area contributed by atoms with Crippen LogP contribution in [0.25, 0.3) is 11.3 Å². The highest BCUT2D eigenvalue weighted by Crippen LogP contribution is 2.24. The fourth-order valence-corrected chi connectivity index (χ4v) is 2.08. The van der Waals surface area contributed by atoms with E-state index in [4.69, 9.17) is 11.6 Å². The summed E-state index contributed by atoms with van der Waals surface area (Å²) in [6.45, 7) is 4.10. The average Bonchev–Trinajstić information content (AvgIpc) is 2.28. The van der Waals surface area contributed by atoms with E-state index < -0.39 is 0 Å². The molecule has 0 fully saturated rings. The second-order valence-electron chi connectivity index (χ2n) is 4.10. The third-order valence-electron chi connectivity index (χ3n) is 2.35. The van der Waals surface area contributed by atoms with Gasteiger partial charge in [0, 0.05) is 22.0 Å². The van der Waals surface area contributed by atoms with Crippen molar-refractivity contribution in [2.24, 2.45) is 0 Å². The molecular weight excluding hydrogens is 300 g/mol. The number of hydrogen-bond acceptors (Lipinski definition) is 2. The van der Waals surface area contributed by atoms with Crippen LogP contribution in [0.1, 0.15) is 25.6 Å². The van der Waals surface area contributed by atoms with E-state index in [-0.39, 0.29) is 5.92 Å². The van der Waals surface area contributed by atoms with Crippen LogP contribution >= 0.6 is 27.5 Å². The molecule has 2 nitrogen and oxygen atoms in total. The molecule has 0 radical (unpaired) electrons. The van der Waals surface area contributed by atoms with Gasteiger partial charge in [0.2, 0.25) is 0 Å². The predicted octanol–water partition coefficient (Wildman–Crippen LogP) is 4.68. The first-order chi connectivity index (χ1) is 8.06. The monoisotopic (exact) mass is 310 g/mol. The molecule has 0 aliphatic heterocycles. The van der Waals surface area contributed by atoms with Crippen LogP contribution < -0.4 is 0 Å². The maximum absolute atomic E-state index is 6.02. The van der Waals surface area contributed by atoms with Crippen LogP contribution in [0.2, 0.25) is 5.15 Å². The van der Waals surface area contributed by atoms with Crippen molar-refractivity contribution in [1.82, 2.24) is 9.97 Å². The van der Waals surface area contributed by atoms with Gasteiger partial charge in [0.25, 0.3) is 0 Å². The topological polar surface area (TPSA) is 25.8 Å². The van der Waals surface area contributed by atoms with E-state index in [2.05, 4.69) is 39.7 Å². The summed E-state index contributed by atoms with van der Waals surface area (Å²) in [6, 6.07) is 9.77. The van der Waals surface area contributed by atoms with Crippen molar-refractivity contribution in [1.29, 1.82) is 0 Å². The molecule has 0 amide bonds. The lowest BCUT2D eigenvalue weighted by atomic mass is 10.1. The highest BCUT2D eigenvalue weighted by Gasteiger charge is 2.08. The molecule has 1 aromatic carbocycles. The van der Waals surface area contributed by atoms with Crippen LogP contribution in [0.4, 0.5) is 0 Å². The third-order valence-corrected chi connectivity index (χ3v) is 3.04. The fourth-order valence-electron chi connectivity index (χ4n) is 1.49. The molecule has 0 atom stereocenters. The first-order valence-corrected chi connectivity index (χ1v) is 6.54. The van der Waals surface area contributed by atoms with Crippen molar-refractivity contribution < 1.29 is 0 Å². The van der Waals surface area contributed by atoms with Gasteiger partial charge in [-0.3, -0.25) is 0 Å². The van der Waals surface area contributed by atoms with E-state index in [1.165, 1.54) is 0 Å². The van der Waals surface area contributed by atoms with Gasteiger partial charge in [-0.05, 0) is 12.1 Å². The van der Waals surface area contributed by atoms with E-state index in [9.17, 15) is 0 Å². The van der Waals surface area contributed by atoms with Crippen molar-refractivity contribution in [3.63, 3.8) is 0 Å². The summed E-state index contributed by atoms with van der Waals surface area (Å²) in [5, 5.41) is 0.485. The van der Waals surface area contributed by atoms with Gasteiger partial charge >= 0.3 is 0 Å². The summed E-state index contributed by atoms with van der Waals surface area (Å²) < 4.78 is 1.02. The molecule has 0 saturated heterocycles. The number of aromatic nitrogens is 2. The van der Waals surface area contributed by atoms with E-state index in [0.29, 0.717) is 5.15 Å². The lowest BCUT2D eigenvalue weighted by Crippen LogP contribution is -1.99. The Morgan fingerprint density at radius 3 is 2.59 bits per heavy atom. The molecule has 17 heavy (non-hydrogen) atoms. The van der Waals surface area contributed by atoms with Gasteiger partial charge in [-0.15, -0.1) is 0 Å². The van der Waals surface area contributed by atoms with Crippen molar-refractivity contribution in [3.8, 4) is 11.3 Å². The number of halogens is 2. The summed E-state index contributed by atoms with van der Waals surface area (Å²) >= 11 is 9.47. The van der Waals surface area contributed by atoms with Crippen LogP contribution in [0.15, 0.2) is 34.8 Å². The minimum absolute atomic E-state index is 0.264. The van der Waals surface area contributed by atoms with Crippen LogP contribution in [0.3, 0.4) is 0 Å². The first kappa shape index (κ1) is 12.5. The minimum atomic E-state index is 0.264. The van der Waals surface area contributed by atoms with Crippen molar-refractivity contribution >= 4 is 27.5 Å². The zero-order valence-corrected chi connectivity index (χ0v) is 12.0. The lowest BCUT2D eigenvalue weighted by molar-refractivity contribution is 0.776. The molecular formula is C13H12BrClN2. The zero-order chi connectivity index (χ0) is 12.4. The largest absolute Gasteiger partial charge is 0.233 e. The Bertz CT molecular complexity index is 541. The van der Waals surface area contributed by atoms with E-state index in [0.717, 1.165) is 21.6 Å². The number of benzene rings is 1. The lowest BCUT2D eigenvalue weighted by Gasteiger charge is -2.07. The summed E-state index contributed by atoms with van der Waals surface area (Å²) in [7, 11) is 0. The third kappa shape index (κ3) is 3.05. The Balaban J connectivity index is 2.52. The number of nitrogens with zero attached hydrogens (tertiary/aromatic N) is 2. The summed E-state index contributed by atoms with van der Waals surface area (Å²) in [5.74, 6) is 1.03. The van der Waals surface area contributed by atoms with E-state index in [1.54, 1.807) is 6.07 Å². The fraction of sp³-hybridized carbons (Fsp3) is 0.231. The Hall–Kier alpha value is -0.930. The molecule has 0 unspecified atom stereocenters. The maximum Gasteiger partial charge on any atom is 0.133 e. The van der Waals surface area contributed by atoms with Crippen LogP contribution in [0, 0.1) is 0 Å². The molecule has 0 N–H and O–H groups in total. The normalized spacial score (nSPS) is 10.9. The van der Waals surface area contributed by atoms with Gasteiger partial charge in [0.1, 0.15) is 11.0 Å². The Labute approximate surface area is 114 Å². The predicted molar refractivity (Wildman–Crippen MR) is 74.3 cm³/mol. The van der Waals surface area contributed by atoms with E-state index >= 15 is 0 Å². The Kier molecular flexibility index (Phi) is 3.79. The molecule has 2 rings (SSSR count). The van der Waals surface area contributed by atoms with Gasteiger partial charge in [-0.2, -0.15) is 0 Å². The standard InChI is InChI=1S/C13H12BrClN2/c1-8(2)13-16-11(7-12(15)17-13)9-4-3-5-10(14)6-9/h3-8H,1-2H3. The molecule has 1 aromatic heterocycles. The maximum atomic E-state index is 6.02. The van der Waals surface area contributed by atoms with Crippen molar-refractivity contribution in [2.45, 2.75) is 19.8 Å². The van der Waals surface area contributed by atoms with Crippen molar-refractivity contribution in [2.75, 3.05) is 0 Å². The quantitative estimate of drug-likeness (QED) is 0.752. The van der Waals surface area contributed by atoms with Gasteiger partial charge in [-0.25, -0.2) is 9.97 Å². The summed E-state index contributed by atoms with van der Waals surface area (Å²) in [5.41, 5.74) is 1.89. The smallest absolute Gasteiger partial charge is 0.133 e. The molecule has 0 saturated carbocycles. The van der Waals surface area contributed by atoms with E-state index in [1.807, 2.05) is 24.3 Å². The molecule has 2 aromatic rings. The number of hydrogen-bond donors (Lipinski definition) is 0. The highest BCUT2D eigenvalue weighted by atomic mass is 79.9.